The Morgan fingerprint density at radius 2 is 1.30 bits per heavy atom. The number of aliphatic imine (C=N–C) groups is 1. The SMILES string of the molecule is CC(C(=NC(=O)c1ccccc1)C(=O)Nc1ccccc1)c1ccccc1. The molecule has 1 atom stereocenters. The molecule has 1 N–H and O–H groups in total. The number of amides is 2. The second kappa shape index (κ2) is 8.72. The number of benzene rings is 3. The summed E-state index contributed by atoms with van der Waals surface area (Å²) in [5, 5.41) is 2.83. The average Bonchev–Trinajstić information content (AvgIpc) is 2.73. The number of carbonyl (C=O) groups excluding carboxylic acids is 2. The molecule has 27 heavy (non-hydrogen) atoms. The van der Waals surface area contributed by atoms with E-state index in [1.54, 1.807) is 36.4 Å². The van der Waals surface area contributed by atoms with E-state index in [-0.39, 0.29) is 17.5 Å². The summed E-state index contributed by atoms with van der Waals surface area (Å²) in [6.07, 6.45) is 0. The lowest BCUT2D eigenvalue weighted by atomic mass is 9.95. The van der Waals surface area contributed by atoms with Crippen LogP contribution in [0.5, 0.6) is 0 Å². The predicted octanol–water partition coefficient (Wildman–Crippen LogP) is 4.71. The molecule has 1 unspecified atom stereocenters. The Balaban J connectivity index is 1.94. The second-order valence-corrected chi connectivity index (χ2v) is 6.12. The summed E-state index contributed by atoms with van der Waals surface area (Å²) < 4.78 is 0. The molecule has 4 nitrogen and oxygen atoms in total. The Morgan fingerprint density at radius 1 is 0.778 bits per heavy atom. The van der Waals surface area contributed by atoms with E-state index in [9.17, 15) is 9.59 Å². The zero-order valence-electron chi connectivity index (χ0n) is 15.0. The van der Waals surface area contributed by atoms with Crippen LogP contribution in [0.25, 0.3) is 0 Å². The van der Waals surface area contributed by atoms with Crippen LogP contribution in [0.1, 0.15) is 28.8 Å². The first-order valence-corrected chi connectivity index (χ1v) is 8.74. The molecule has 3 aromatic rings. The zero-order valence-corrected chi connectivity index (χ0v) is 15.0. The molecule has 2 amide bonds. The van der Waals surface area contributed by atoms with Gasteiger partial charge in [-0.3, -0.25) is 9.59 Å². The third kappa shape index (κ3) is 4.76. The van der Waals surface area contributed by atoms with Crippen LogP contribution in [-0.2, 0) is 4.79 Å². The molecule has 0 radical (unpaired) electrons. The highest BCUT2D eigenvalue weighted by Gasteiger charge is 2.22. The van der Waals surface area contributed by atoms with Crippen molar-refractivity contribution in [1.82, 2.24) is 0 Å². The maximum atomic E-state index is 12.9. The lowest BCUT2D eigenvalue weighted by Gasteiger charge is -2.15. The Morgan fingerprint density at radius 3 is 1.89 bits per heavy atom. The summed E-state index contributed by atoms with van der Waals surface area (Å²) >= 11 is 0. The van der Waals surface area contributed by atoms with Gasteiger partial charge in [-0.05, 0) is 29.8 Å². The van der Waals surface area contributed by atoms with E-state index in [4.69, 9.17) is 0 Å². The lowest BCUT2D eigenvalue weighted by Crippen LogP contribution is -2.28. The van der Waals surface area contributed by atoms with Gasteiger partial charge in [0.2, 0.25) is 0 Å². The van der Waals surface area contributed by atoms with Crippen LogP contribution < -0.4 is 5.32 Å². The van der Waals surface area contributed by atoms with Gasteiger partial charge in [0, 0.05) is 17.2 Å². The molecule has 0 aliphatic carbocycles. The van der Waals surface area contributed by atoms with E-state index in [1.165, 1.54) is 0 Å². The van der Waals surface area contributed by atoms with Gasteiger partial charge in [-0.15, -0.1) is 0 Å². The maximum absolute atomic E-state index is 12.9. The summed E-state index contributed by atoms with van der Waals surface area (Å²) in [7, 11) is 0. The third-order valence-electron chi connectivity index (χ3n) is 4.22. The van der Waals surface area contributed by atoms with Crippen molar-refractivity contribution in [2.75, 3.05) is 5.32 Å². The normalized spacial score (nSPS) is 12.3. The van der Waals surface area contributed by atoms with Crippen molar-refractivity contribution in [1.29, 1.82) is 0 Å². The number of nitrogens with zero attached hydrogens (tertiary/aromatic N) is 1. The van der Waals surface area contributed by atoms with Crippen molar-refractivity contribution in [3.05, 3.63) is 102 Å². The third-order valence-corrected chi connectivity index (χ3v) is 4.22. The van der Waals surface area contributed by atoms with Crippen LogP contribution in [0.2, 0.25) is 0 Å². The summed E-state index contributed by atoms with van der Waals surface area (Å²) in [4.78, 5) is 29.7. The number of rotatable bonds is 5. The quantitative estimate of drug-likeness (QED) is 0.673. The standard InChI is InChI=1S/C23H20N2O2/c1-17(18-11-5-2-6-12-18)21(23(27)24-20-15-9-4-10-16-20)25-22(26)19-13-7-3-8-14-19/h2-17H,1H3,(H,24,27). The largest absolute Gasteiger partial charge is 0.321 e. The van der Waals surface area contributed by atoms with E-state index >= 15 is 0 Å². The molecule has 0 saturated carbocycles. The number of para-hydroxylation sites is 1. The van der Waals surface area contributed by atoms with Crippen LogP contribution in [0, 0.1) is 0 Å². The molecule has 4 heteroatoms. The van der Waals surface area contributed by atoms with Crippen molar-refractivity contribution >= 4 is 23.2 Å². The summed E-state index contributed by atoms with van der Waals surface area (Å²) in [5.74, 6) is -1.15. The second-order valence-electron chi connectivity index (χ2n) is 6.12. The first-order chi connectivity index (χ1) is 13.1. The number of carbonyl (C=O) groups is 2. The van der Waals surface area contributed by atoms with Gasteiger partial charge in [0.1, 0.15) is 5.71 Å². The number of nitrogens with one attached hydrogen (secondary N) is 1. The van der Waals surface area contributed by atoms with E-state index in [0.717, 1.165) is 5.56 Å². The minimum Gasteiger partial charge on any atom is -0.321 e. The highest BCUT2D eigenvalue weighted by Crippen LogP contribution is 2.19. The van der Waals surface area contributed by atoms with Crippen molar-refractivity contribution in [3.63, 3.8) is 0 Å². The van der Waals surface area contributed by atoms with Gasteiger partial charge in [0.15, 0.2) is 0 Å². The highest BCUT2D eigenvalue weighted by atomic mass is 16.2. The Bertz CT molecular complexity index is 936. The Kier molecular flexibility index (Phi) is 5.90. The molecule has 0 bridgehead atoms. The van der Waals surface area contributed by atoms with Gasteiger partial charge in [-0.25, -0.2) is 4.99 Å². The molecule has 3 aromatic carbocycles. The van der Waals surface area contributed by atoms with Crippen molar-refractivity contribution in [2.45, 2.75) is 12.8 Å². The molecular weight excluding hydrogens is 336 g/mol. The minimum absolute atomic E-state index is 0.180. The van der Waals surface area contributed by atoms with E-state index < -0.39 is 5.91 Å². The van der Waals surface area contributed by atoms with Crippen LogP contribution in [-0.4, -0.2) is 17.5 Å². The van der Waals surface area contributed by atoms with E-state index in [2.05, 4.69) is 10.3 Å². The van der Waals surface area contributed by atoms with Gasteiger partial charge < -0.3 is 5.32 Å². The topological polar surface area (TPSA) is 58.5 Å². The summed E-state index contributed by atoms with van der Waals surface area (Å²) in [5.41, 5.74) is 2.20. The number of hydrogen-bond acceptors (Lipinski definition) is 2. The molecule has 0 saturated heterocycles. The molecule has 0 spiro atoms. The molecule has 0 aliphatic heterocycles. The van der Waals surface area contributed by atoms with Crippen LogP contribution in [0.15, 0.2) is 96.0 Å². The van der Waals surface area contributed by atoms with Gasteiger partial charge in [-0.1, -0.05) is 73.7 Å². The molecule has 0 aromatic heterocycles. The summed E-state index contributed by atoms with van der Waals surface area (Å²) in [6.45, 7) is 1.87. The fraction of sp³-hybridized carbons (Fsp3) is 0.0870. The van der Waals surface area contributed by atoms with Gasteiger partial charge in [0.25, 0.3) is 11.8 Å². The van der Waals surface area contributed by atoms with Crippen molar-refractivity contribution in [2.24, 2.45) is 4.99 Å². The van der Waals surface area contributed by atoms with Crippen LogP contribution in [0.3, 0.4) is 0 Å². The van der Waals surface area contributed by atoms with Gasteiger partial charge in [-0.2, -0.15) is 0 Å². The van der Waals surface area contributed by atoms with Gasteiger partial charge >= 0.3 is 0 Å². The smallest absolute Gasteiger partial charge is 0.277 e. The van der Waals surface area contributed by atoms with Crippen LogP contribution in [0.4, 0.5) is 5.69 Å². The average molecular weight is 356 g/mol. The zero-order chi connectivity index (χ0) is 19.1. The fourth-order valence-corrected chi connectivity index (χ4v) is 2.72. The lowest BCUT2D eigenvalue weighted by molar-refractivity contribution is -0.110. The van der Waals surface area contributed by atoms with Crippen LogP contribution >= 0.6 is 0 Å². The molecular formula is C23H20N2O2. The Labute approximate surface area is 158 Å². The Hall–Kier alpha value is -3.53. The fourth-order valence-electron chi connectivity index (χ4n) is 2.72. The molecule has 3 rings (SSSR count). The number of anilines is 1. The summed E-state index contributed by atoms with van der Waals surface area (Å²) in [6, 6.07) is 27.4. The van der Waals surface area contributed by atoms with Gasteiger partial charge in [0.05, 0.1) is 0 Å². The van der Waals surface area contributed by atoms with E-state index in [1.807, 2.05) is 61.5 Å². The minimum atomic E-state index is -0.434. The molecule has 0 heterocycles. The van der Waals surface area contributed by atoms with Crippen molar-refractivity contribution in [3.8, 4) is 0 Å². The highest BCUT2D eigenvalue weighted by molar-refractivity contribution is 6.46. The molecule has 0 aliphatic rings. The predicted molar refractivity (Wildman–Crippen MR) is 108 cm³/mol. The van der Waals surface area contributed by atoms with Crippen molar-refractivity contribution < 1.29 is 9.59 Å². The number of hydrogen-bond donors (Lipinski definition) is 1. The maximum Gasteiger partial charge on any atom is 0.277 e. The molecule has 134 valence electrons. The first-order valence-electron chi connectivity index (χ1n) is 8.74. The van der Waals surface area contributed by atoms with E-state index in [0.29, 0.717) is 11.3 Å². The monoisotopic (exact) mass is 356 g/mol. The first kappa shape index (κ1) is 18.3. The molecule has 0 fully saturated rings.